The van der Waals surface area contributed by atoms with Crippen molar-refractivity contribution in [2.75, 3.05) is 24.6 Å². The van der Waals surface area contributed by atoms with Crippen molar-refractivity contribution in [3.63, 3.8) is 0 Å². The molecular formula is C16H26ClN3O. The third-order valence-electron chi connectivity index (χ3n) is 3.67. The highest BCUT2D eigenvalue weighted by Gasteiger charge is 2.22. The molecule has 2 rings (SSSR count). The normalized spacial score (nSPS) is 19.3. The van der Waals surface area contributed by atoms with Gasteiger partial charge in [-0.2, -0.15) is 0 Å². The molecule has 0 radical (unpaired) electrons. The van der Waals surface area contributed by atoms with Crippen LogP contribution < -0.4 is 10.2 Å². The Labute approximate surface area is 132 Å². The summed E-state index contributed by atoms with van der Waals surface area (Å²) in [4.78, 5) is 6.81. The fraction of sp³-hybridized carbons (Fsp3) is 0.688. The highest BCUT2D eigenvalue weighted by atomic mass is 35.5. The molecule has 1 aliphatic heterocycles. The van der Waals surface area contributed by atoms with Gasteiger partial charge in [0, 0.05) is 38.5 Å². The average molecular weight is 312 g/mol. The summed E-state index contributed by atoms with van der Waals surface area (Å²) in [6.07, 6.45) is 4.46. The number of hydrogen-bond acceptors (Lipinski definition) is 4. The molecule has 1 fully saturated rings. The maximum absolute atomic E-state index is 6.43. The maximum atomic E-state index is 6.43. The van der Waals surface area contributed by atoms with Crippen LogP contribution >= 0.6 is 11.6 Å². The Morgan fingerprint density at radius 2 is 2.33 bits per heavy atom. The quantitative estimate of drug-likeness (QED) is 0.875. The first kappa shape index (κ1) is 16.5. The van der Waals surface area contributed by atoms with Crippen LogP contribution in [0.25, 0.3) is 0 Å². The van der Waals surface area contributed by atoms with Crippen molar-refractivity contribution in [1.82, 2.24) is 10.3 Å². The first-order chi connectivity index (χ1) is 10.1. The van der Waals surface area contributed by atoms with Crippen LogP contribution in [0.15, 0.2) is 12.3 Å². The summed E-state index contributed by atoms with van der Waals surface area (Å²) in [6, 6.07) is 2.47. The molecule has 118 valence electrons. The van der Waals surface area contributed by atoms with E-state index in [-0.39, 0.29) is 0 Å². The Morgan fingerprint density at radius 1 is 1.52 bits per heavy atom. The third kappa shape index (κ3) is 4.83. The highest BCUT2D eigenvalue weighted by Crippen LogP contribution is 2.27. The first-order valence-corrected chi connectivity index (χ1v) is 8.22. The van der Waals surface area contributed by atoms with E-state index in [0.717, 1.165) is 55.5 Å². The van der Waals surface area contributed by atoms with Gasteiger partial charge in [-0.25, -0.2) is 4.98 Å². The third-order valence-corrected chi connectivity index (χ3v) is 3.95. The Hall–Kier alpha value is -0.840. The van der Waals surface area contributed by atoms with Gasteiger partial charge in [-0.3, -0.25) is 0 Å². The minimum atomic E-state index is 0.295. The van der Waals surface area contributed by atoms with E-state index < -0.39 is 0 Å². The number of nitrogens with one attached hydrogen (secondary N) is 1. The molecule has 0 spiro atoms. The molecule has 1 aliphatic rings. The SMILES string of the molecule is CCOC1CCCN(c2ncc(CNC(C)C)cc2Cl)C1. The lowest BCUT2D eigenvalue weighted by molar-refractivity contribution is 0.0525. The highest BCUT2D eigenvalue weighted by molar-refractivity contribution is 6.33. The van der Waals surface area contributed by atoms with E-state index in [9.17, 15) is 0 Å². The number of aromatic nitrogens is 1. The Balaban J connectivity index is 2.02. The molecule has 1 saturated heterocycles. The van der Waals surface area contributed by atoms with E-state index in [1.54, 1.807) is 0 Å². The maximum Gasteiger partial charge on any atom is 0.147 e. The largest absolute Gasteiger partial charge is 0.377 e. The molecule has 1 atom stereocenters. The van der Waals surface area contributed by atoms with Gasteiger partial charge in [0.2, 0.25) is 0 Å². The van der Waals surface area contributed by atoms with Crippen LogP contribution in [0.2, 0.25) is 5.02 Å². The van der Waals surface area contributed by atoms with Gasteiger partial charge in [0.05, 0.1) is 11.1 Å². The van der Waals surface area contributed by atoms with Crippen molar-refractivity contribution in [2.24, 2.45) is 0 Å². The predicted molar refractivity (Wildman–Crippen MR) is 88.1 cm³/mol. The summed E-state index contributed by atoms with van der Waals surface area (Å²) in [7, 11) is 0. The van der Waals surface area contributed by atoms with Crippen molar-refractivity contribution in [2.45, 2.75) is 52.3 Å². The monoisotopic (exact) mass is 311 g/mol. The number of rotatable bonds is 6. The van der Waals surface area contributed by atoms with Crippen molar-refractivity contribution >= 4 is 17.4 Å². The molecule has 0 amide bonds. The molecule has 0 aromatic carbocycles. The molecule has 0 bridgehead atoms. The summed E-state index contributed by atoms with van der Waals surface area (Å²) >= 11 is 6.43. The molecule has 0 aliphatic carbocycles. The van der Waals surface area contributed by atoms with E-state index in [4.69, 9.17) is 16.3 Å². The van der Waals surface area contributed by atoms with E-state index in [1.165, 1.54) is 0 Å². The van der Waals surface area contributed by atoms with Crippen LogP contribution in [-0.2, 0) is 11.3 Å². The Bertz CT molecular complexity index is 451. The number of ether oxygens (including phenoxy) is 1. The second-order valence-electron chi connectivity index (χ2n) is 5.85. The average Bonchev–Trinajstić information content (AvgIpc) is 2.46. The lowest BCUT2D eigenvalue weighted by Crippen LogP contribution is -2.40. The lowest BCUT2D eigenvalue weighted by Gasteiger charge is -2.33. The summed E-state index contributed by atoms with van der Waals surface area (Å²) < 4.78 is 5.74. The number of anilines is 1. The molecule has 2 heterocycles. The van der Waals surface area contributed by atoms with Crippen molar-refractivity contribution in [3.05, 3.63) is 22.8 Å². The minimum absolute atomic E-state index is 0.295. The van der Waals surface area contributed by atoms with Gasteiger partial charge in [0.15, 0.2) is 0 Å². The summed E-state index contributed by atoms with van der Waals surface area (Å²) in [5.41, 5.74) is 1.12. The zero-order valence-corrected chi connectivity index (χ0v) is 14.0. The molecular weight excluding hydrogens is 286 g/mol. The van der Waals surface area contributed by atoms with Gasteiger partial charge in [0.25, 0.3) is 0 Å². The second-order valence-corrected chi connectivity index (χ2v) is 6.26. The predicted octanol–water partition coefficient (Wildman–Crippen LogP) is 3.24. The van der Waals surface area contributed by atoms with Gasteiger partial charge >= 0.3 is 0 Å². The van der Waals surface area contributed by atoms with Crippen molar-refractivity contribution in [1.29, 1.82) is 0 Å². The molecule has 5 heteroatoms. The zero-order chi connectivity index (χ0) is 15.2. The van der Waals surface area contributed by atoms with Gasteiger partial charge in [-0.05, 0) is 31.4 Å². The topological polar surface area (TPSA) is 37.4 Å². The van der Waals surface area contributed by atoms with Crippen LogP contribution in [0.3, 0.4) is 0 Å². The van der Waals surface area contributed by atoms with Crippen molar-refractivity contribution in [3.8, 4) is 0 Å². The van der Waals surface area contributed by atoms with Crippen LogP contribution in [0, 0.1) is 0 Å². The standard InChI is InChI=1S/C16H26ClN3O/c1-4-21-14-6-5-7-20(11-14)16-15(17)8-13(10-19-16)9-18-12(2)3/h8,10,12,14,18H,4-7,9,11H2,1-3H3. The fourth-order valence-corrected chi connectivity index (χ4v) is 2.93. The van der Waals surface area contributed by atoms with E-state index in [0.29, 0.717) is 12.1 Å². The lowest BCUT2D eigenvalue weighted by atomic mass is 10.1. The van der Waals surface area contributed by atoms with Crippen LogP contribution in [0.1, 0.15) is 39.2 Å². The van der Waals surface area contributed by atoms with Crippen LogP contribution in [0.5, 0.6) is 0 Å². The number of pyridine rings is 1. The van der Waals surface area contributed by atoms with E-state index >= 15 is 0 Å². The van der Waals surface area contributed by atoms with E-state index in [2.05, 4.69) is 29.0 Å². The zero-order valence-electron chi connectivity index (χ0n) is 13.2. The Kier molecular flexibility index (Phi) is 6.27. The number of hydrogen-bond donors (Lipinski definition) is 1. The molecule has 21 heavy (non-hydrogen) atoms. The Morgan fingerprint density at radius 3 is 3.00 bits per heavy atom. The summed E-state index contributed by atoms with van der Waals surface area (Å²) in [5, 5.41) is 4.11. The van der Waals surface area contributed by atoms with Gasteiger partial charge < -0.3 is 15.0 Å². The first-order valence-electron chi connectivity index (χ1n) is 7.84. The smallest absolute Gasteiger partial charge is 0.147 e. The molecule has 1 aromatic rings. The van der Waals surface area contributed by atoms with Gasteiger partial charge in [-0.15, -0.1) is 0 Å². The van der Waals surface area contributed by atoms with Crippen molar-refractivity contribution < 1.29 is 4.74 Å². The van der Waals surface area contributed by atoms with Gasteiger partial charge in [0.1, 0.15) is 5.82 Å². The molecule has 0 saturated carbocycles. The van der Waals surface area contributed by atoms with E-state index in [1.807, 2.05) is 19.2 Å². The van der Waals surface area contributed by atoms with Crippen LogP contribution in [-0.4, -0.2) is 36.8 Å². The molecule has 1 N–H and O–H groups in total. The summed E-state index contributed by atoms with van der Waals surface area (Å²) in [5.74, 6) is 0.884. The second kappa shape index (κ2) is 7.97. The van der Waals surface area contributed by atoms with Crippen LogP contribution in [0.4, 0.5) is 5.82 Å². The number of piperidine rings is 1. The molecule has 1 unspecified atom stereocenters. The number of nitrogens with zero attached hydrogens (tertiary/aromatic N) is 2. The molecule has 1 aromatic heterocycles. The fourth-order valence-electron chi connectivity index (χ4n) is 2.62. The van der Waals surface area contributed by atoms with Gasteiger partial charge in [-0.1, -0.05) is 25.4 Å². The summed E-state index contributed by atoms with van der Waals surface area (Å²) in [6.45, 7) is 9.74. The minimum Gasteiger partial charge on any atom is -0.377 e. The number of halogens is 1. The molecule has 4 nitrogen and oxygen atoms in total.